The zero-order chi connectivity index (χ0) is 26.6. The number of aliphatic carboxylic acids is 1. The number of carboxylic acids is 1. The Kier molecular flexibility index (Phi) is 12.1. The fourth-order valence-corrected chi connectivity index (χ4v) is 4.06. The van der Waals surface area contributed by atoms with E-state index >= 15 is 0 Å². The number of nitrogens with zero attached hydrogens (tertiary/aromatic N) is 3. The van der Waals surface area contributed by atoms with E-state index in [1.807, 2.05) is 4.90 Å². The Balaban J connectivity index is 0.000000572. The molecule has 3 rings (SSSR count). The number of halogens is 4. The summed E-state index contributed by atoms with van der Waals surface area (Å²) in [6.45, 7) is 7.33. The molecule has 36 heavy (non-hydrogen) atoms. The summed E-state index contributed by atoms with van der Waals surface area (Å²) in [5.41, 5.74) is 0.471. The predicted molar refractivity (Wildman–Crippen MR) is 125 cm³/mol. The van der Waals surface area contributed by atoms with Crippen molar-refractivity contribution in [3.8, 4) is 0 Å². The van der Waals surface area contributed by atoms with Crippen molar-refractivity contribution in [2.45, 2.75) is 38.3 Å². The molecular weight excluding hydrogens is 484 g/mol. The minimum atomic E-state index is -5.08. The Morgan fingerprint density at radius 2 is 1.53 bits per heavy atom. The molecule has 0 atom stereocenters. The molecule has 0 aliphatic carbocycles. The standard InChI is InChI=1S/C22H33FN4O2.C2HF3O2/c23-20-7-5-19(6-8-20)22(29)27(15-4-14-25-12-2-1-3-13-25)16-9-21(28)26-17-10-24-11-18-26;3-2(4,5)1(6)7/h5-8,24H,1-4,9-18H2;(H,6,7). The van der Waals surface area contributed by atoms with Crippen molar-refractivity contribution >= 4 is 17.8 Å². The molecule has 2 amide bonds. The number of likely N-dealkylation sites (tertiary alicyclic amines) is 1. The van der Waals surface area contributed by atoms with Gasteiger partial charge in [-0.25, -0.2) is 9.18 Å². The minimum Gasteiger partial charge on any atom is -0.475 e. The third-order valence-corrected chi connectivity index (χ3v) is 6.04. The van der Waals surface area contributed by atoms with Gasteiger partial charge in [-0.2, -0.15) is 13.2 Å². The van der Waals surface area contributed by atoms with Crippen LogP contribution in [0, 0.1) is 5.82 Å². The number of alkyl halides is 3. The molecular formula is C24H34F4N4O4. The highest BCUT2D eigenvalue weighted by Crippen LogP contribution is 2.13. The summed E-state index contributed by atoms with van der Waals surface area (Å²) >= 11 is 0. The largest absolute Gasteiger partial charge is 0.490 e. The second-order valence-electron chi connectivity index (χ2n) is 8.74. The molecule has 0 bridgehead atoms. The Morgan fingerprint density at radius 3 is 2.08 bits per heavy atom. The first-order valence-electron chi connectivity index (χ1n) is 12.1. The molecule has 12 heteroatoms. The third kappa shape index (κ3) is 10.5. The molecule has 0 radical (unpaired) electrons. The lowest BCUT2D eigenvalue weighted by Gasteiger charge is -2.30. The molecule has 2 heterocycles. The van der Waals surface area contributed by atoms with Crippen LogP contribution in [-0.2, 0) is 9.59 Å². The lowest BCUT2D eigenvalue weighted by Crippen LogP contribution is -2.47. The number of rotatable bonds is 8. The number of piperidine rings is 1. The first-order chi connectivity index (χ1) is 17.1. The SMILES string of the molecule is O=C(CCN(CCCN1CCCCC1)C(=O)c1ccc(F)cc1)N1CCNCC1.O=C(O)C(F)(F)F. The van der Waals surface area contributed by atoms with E-state index in [9.17, 15) is 27.2 Å². The van der Waals surface area contributed by atoms with Crippen molar-refractivity contribution in [2.24, 2.45) is 0 Å². The summed E-state index contributed by atoms with van der Waals surface area (Å²) in [5.74, 6) is -3.14. The second-order valence-corrected chi connectivity index (χ2v) is 8.74. The summed E-state index contributed by atoms with van der Waals surface area (Å²) in [7, 11) is 0. The molecule has 2 N–H and O–H groups in total. The molecule has 1 aromatic carbocycles. The van der Waals surface area contributed by atoms with Crippen molar-refractivity contribution in [2.75, 3.05) is 58.9 Å². The summed E-state index contributed by atoms with van der Waals surface area (Å²) in [4.78, 5) is 40.5. The number of piperazine rings is 1. The number of benzene rings is 1. The van der Waals surface area contributed by atoms with Crippen LogP contribution in [0.2, 0.25) is 0 Å². The van der Waals surface area contributed by atoms with Gasteiger partial charge in [0, 0.05) is 51.3 Å². The fourth-order valence-electron chi connectivity index (χ4n) is 4.06. The van der Waals surface area contributed by atoms with Crippen LogP contribution in [-0.4, -0.2) is 103 Å². The van der Waals surface area contributed by atoms with E-state index in [1.54, 1.807) is 4.90 Å². The van der Waals surface area contributed by atoms with E-state index < -0.39 is 12.1 Å². The monoisotopic (exact) mass is 518 g/mol. The Morgan fingerprint density at radius 1 is 0.944 bits per heavy atom. The van der Waals surface area contributed by atoms with Crippen LogP contribution in [0.25, 0.3) is 0 Å². The molecule has 1 aromatic rings. The van der Waals surface area contributed by atoms with Crippen LogP contribution in [0.15, 0.2) is 24.3 Å². The molecule has 2 saturated heterocycles. The van der Waals surface area contributed by atoms with Gasteiger partial charge in [0.15, 0.2) is 0 Å². The van der Waals surface area contributed by atoms with Crippen LogP contribution in [0.4, 0.5) is 17.6 Å². The van der Waals surface area contributed by atoms with Crippen LogP contribution < -0.4 is 5.32 Å². The number of nitrogens with one attached hydrogen (secondary N) is 1. The van der Waals surface area contributed by atoms with E-state index in [1.165, 1.54) is 43.5 Å². The average Bonchev–Trinajstić information content (AvgIpc) is 2.87. The number of amides is 2. The lowest BCUT2D eigenvalue weighted by atomic mass is 10.1. The molecule has 0 spiro atoms. The first kappa shape index (κ1) is 29.5. The quantitative estimate of drug-likeness (QED) is 0.514. The summed E-state index contributed by atoms with van der Waals surface area (Å²) in [6, 6.07) is 5.66. The number of hydrogen-bond donors (Lipinski definition) is 2. The van der Waals surface area contributed by atoms with Crippen LogP contribution >= 0.6 is 0 Å². The topological polar surface area (TPSA) is 93.2 Å². The number of carbonyl (C=O) groups excluding carboxylic acids is 2. The molecule has 0 saturated carbocycles. The van der Waals surface area contributed by atoms with Crippen LogP contribution in [0.1, 0.15) is 42.5 Å². The lowest BCUT2D eigenvalue weighted by molar-refractivity contribution is -0.192. The second kappa shape index (κ2) is 14.7. The molecule has 0 aromatic heterocycles. The van der Waals surface area contributed by atoms with Gasteiger partial charge in [-0.05, 0) is 63.2 Å². The highest BCUT2D eigenvalue weighted by Gasteiger charge is 2.38. The van der Waals surface area contributed by atoms with Gasteiger partial charge in [0.2, 0.25) is 5.91 Å². The van der Waals surface area contributed by atoms with Gasteiger partial charge >= 0.3 is 12.1 Å². The van der Waals surface area contributed by atoms with Crippen molar-refractivity contribution in [3.63, 3.8) is 0 Å². The van der Waals surface area contributed by atoms with Gasteiger partial charge < -0.3 is 25.1 Å². The normalized spacial score (nSPS) is 16.6. The Bertz CT molecular complexity index is 840. The molecule has 2 aliphatic rings. The Labute approximate surface area is 208 Å². The summed E-state index contributed by atoms with van der Waals surface area (Å²) in [5, 5.41) is 10.4. The van der Waals surface area contributed by atoms with Gasteiger partial charge in [-0.1, -0.05) is 6.42 Å². The first-order valence-corrected chi connectivity index (χ1v) is 12.1. The smallest absolute Gasteiger partial charge is 0.475 e. The van der Waals surface area contributed by atoms with Gasteiger partial charge in [-0.3, -0.25) is 9.59 Å². The maximum absolute atomic E-state index is 13.2. The van der Waals surface area contributed by atoms with E-state index in [2.05, 4.69) is 10.2 Å². The van der Waals surface area contributed by atoms with E-state index in [0.717, 1.165) is 52.2 Å². The maximum Gasteiger partial charge on any atom is 0.490 e. The number of carbonyl (C=O) groups is 3. The molecule has 2 fully saturated rings. The Hall–Kier alpha value is -2.73. The van der Waals surface area contributed by atoms with Gasteiger partial charge in [0.1, 0.15) is 5.82 Å². The highest BCUT2D eigenvalue weighted by molar-refractivity contribution is 5.94. The van der Waals surface area contributed by atoms with Gasteiger partial charge in [-0.15, -0.1) is 0 Å². The predicted octanol–water partition coefficient (Wildman–Crippen LogP) is 2.60. The maximum atomic E-state index is 13.2. The average molecular weight is 519 g/mol. The summed E-state index contributed by atoms with van der Waals surface area (Å²) in [6.07, 6.45) is -0.0694. The van der Waals surface area contributed by atoms with Crippen molar-refractivity contribution in [3.05, 3.63) is 35.6 Å². The van der Waals surface area contributed by atoms with Crippen LogP contribution in [0.3, 0.4) is 0 Å². The van der Waals surface area contributed by atoms with Crippen LogP contribution in [0.5, 0.6) is 0 Å². The zero-order valence-corrected chi connectivity index (χ0v) is 20.2. The number of carboxylic acid groups (broad SMARTS) is 1. The highest BCUT2D eigenvalue weighted by atomic mass is 19.4. The molecule has 2 aliphatic heterocycles. The van der Waals surface area contributed by atoms with Crippen molar-refractivity contribution < 1.29 is 37.1 Å². The van der Waals surface area contributed by atoms with Gasteiger partial charge in [0.25, 0.3) is 5.91 Å². The van der Waals surface area contributed by atoms with E-state index in [0.29, 0.717) is 25.1 Å². The molecule has 8 nitrogen and oxygen atoms in total. The third-order valence-electron chi connectivity index (χ3n) is 6.04. The van der Waals surface area contributed by atoms with Crippen molar-refractivity contribution in [1.82, 2.24) is 20.0 Å². The van der Waals surface area contributed by atoms with Crippen molar-refractivity contribution in [1.29, 1.82) is 0 Å². The summed E-state index contributed by atoms with van der Waals surface area (Å²) < 4.78 is 45.0. The minimum absolute atomic E-state index is 0.0967. The van der Waals surface area contributed by atoms with E-state index in [4.69, 9.17) is 9.90 Å². The van der Waals surface area contributed by atoms with E-state index in [-0.39, 0.29) is 17.6 Å². The zero-order valence-electron chi connectivity index (χ0n) is 20.2. The fraction of sp³-hybridized carbons (Fsp3) is 0.625. The number of hydrogen-bond acceptors (Lipinski definition) is 5. The molecule has 0 unspecified atom stereocenters. The van der Waals surface area contributed by atoms with Gasteiger partial charge in [0.05, 0.1) is 0 Å². The molecule has 202 valence electrons.